The van der Waals surface area contributed by atoms with Gasteiger partial charge in [-0.25, -0.2) is 35.9 Å². The molecule has 0 bridgehead atoms. The number of hydrogen-bond acceptors (Lipinski definition) is 19. The number of alkyl carbamates (subject to hydrolysis) is 1. The van der Waals surface area contributed by atoms with Crippen molar-refractivity contribution in [2.75, 3.05) is 19.7 Å². The van der Waals surface area contributed by atoms with Gasteiger partial charge < -0.3 is 76.6 Å². The van der Waals surface area contributed by atoms with E-state index in [0.717, 1.165) is 33.4 Å². The van der Waals surface area contributed by atoms with E-state index in [1.807, 2.05) is 195 Å². The van der Waals surface area contributed by atoms with Gasteiger partial charge in [0.2, 0.25) is 47.4 Å². The van der Waals surface area contributed by atoms with Crippen molar-refractivity contribution in [1.82, 2.24) is 57.3 Å². The molecule has 0 spiro atoms. The summed E-state index contributed by atoms with van der Waals surface area (Å²) in [6, 6.07) is 39.6. The highest BCUT2D eigenvalue weighted by Crippen LogP contribution is 2.47. The highest BCUT2D eigenvalue weighted by atomic mass is 32.2. The molecule has 2 heterocycles. The molecule has 31 nitrogen and oxygen atoms in total. The van der Waals surface area contributed by atoms with Crippen molar-refractivity contribution in [3.8, 4) is 28.4 Å². The number of ether oxygens (including phenoxy) is 5. The van der Waals surface area contributed by atoms with Crippen molar-refractivity contribution < 1.29 is 84.0 Å². The number of carbonyl (C=O) groups is 8. The second-order valence-corrected chi connectivity index (χ2v) is 42.9. The van der Waals surface area contributed by atoms with E-state index < -0.39 is 169 Å². The van der Waals surface area contributed by atoms with Crippen LogP contribution in [0.2, 0.25) is 0 Å². The smallest absolute Gasteiger partial charge is 0.407 e. The van der Waals surface area contributed by atoms with Crippen LogP contribution >= 0.6 is 0 Å². The van der Waals surface area contributed by atoms with Crippen LogP contribution in [0.25, 0.3) is 11.1 Å². The molecule has 0 fully saturated rings. The number of guanidine groups is 2. The summed E-state index contributed by atoms with van der Waals surface area (Å²) in [6.45, 7) is 33.4. The standard InChI is InChI=1S/C106H137N13O18S2/c1-20-62(2)87(116-101(128)133-61-81-79-44-32-30-42-77(79)78-43-31-33-45-80(78)81)96(124)115-88(69(9)134-102(10,11)12)97(125)113-83(47-35-59-110-100(108)119-139(131,132)92-66(6)64(4)90-76(68(92)8)55-57-105(18,19)137-90)93(121)112-84(52-53-86(120)117-106(71-36-24-21-25-37-71,72-38-26-22-27-39-72)73-40-28-23-29-41-73)95(123)111-82(94(122)114-85(98(126)127)60-70-48-50-74(51-49-70)135-103(13,14)15)46-34-58-109-99(107)118-138(129,130)91-65(5)63(3)89-75(67(91)7)54-56-104(16,17)136-89/h21-33,36-45,48-51,62,69,81-85,87-88H,20,34-35,46-47,52-61H2,1-19H3,(H,111,123)(H,112,121)(H,113,125)(H,114,122)(H,115,124)(H,116,128)(H,117,120)(H,126,127)(H3,107,109,118)(H3,108,110,119)/t62-,69+,82-,83-,84-,85-,87-,88-/m0/s1. The summed E-state index contributed by atoms with van der Waals surface area (Å²) in [5.41, 5.74) is 6.67. The normalized spacial score (nSPS) is 15.5. The van der Waals surface area contributed by atoms with Crippen molar-refractivity contribution in [1.29, 1.82) is 10.8 Å². The molecule has 0 radical (unpaired) electrons. The summed E-state index contributed by atoms with van der Waals surface area (Å²) < 4.78 is 94.1. The van der Waals surface area contributed by atoms with E-state index in [1.54, 1.807) is 93.5 Å². The number of hydrogen-bond donors (Lipinski definition) is 14. The van der Waals surface area contributed by atoms with Gasteiger partial charge in [-0.3, -0.25) is 39.6 Å². The van der Waals surface area contributed by atoms with Crippen LogP contribution in [-0.2, 0) is 87.9 Å². The zero-order valence-corrected chi connectivity index (χ0v) is 84.7. The fraction of sp³-hybridized carbons (Fsp3) is 0.453. The third kappa shape index (κ3) is 26.8. The molecule has 746 valence electrons. The Morgan fingerprint density at radius 3 is 1.31 bits per heavy atom. The Bertz CT molecular complexity index is 5940. The Morgan fingerprint density at radius 1 is 0.489 bits per heavy atom. The molecule has 7 amide bonds. The predicted molar refractivity (Wildman–Crippen MR) is 534 cm³/mol. The number of nitrogens with one attached hydrogen (secondary N) is 13. The van der Waals surface area contributed by atoms with Gasteiger partial charge in [-0.2, -0.15) is 0 Å². The van der Waals surface area contributed by atoms with Gasteiger partial charge in [-0.15, -0.1) is 0 Å². The van der Waals surface area contributed by atoms with E-state index in [4.69, 9.17) is 34.5 Å². The molecule has 8 aromatic carbocycles. The Balaban J connectivity index is 0.938. The molecule has 3 aliphatic rings. The minimum atomic E-state index is -4.49. The maximum Gasteiger partial charge on any atom is 0.407 e. The monoisotopic (exact) mass is 1940 g/mol. The van der Waals surface area contributed by atoms with Crippen LogP contribution in [0.1, 0.15) is 232 Å². The molecule has 0 aromatic heterocycles. The molecular formula is C106H137N13O18S2. The van der Waals surface area contributed by atoms with E-state index in [2.05, 4.69) is 57.3 Å². The lowest BCUT2D eigenvalue weighted by Gasteiger charge is -2.37. The Kier molecular flexibility index (Phi) is 34.4. The number of sulfonamides is 2. The first-order valence-corrected chi connectivity index (χ1v) is 50.5. The largest absolute Gasteiger partial charge is 0.488 e. The van der Waals surface area contributed by atoms with Crippen LogP contribution in [0.15, 0.2) is 174 Å². The number of benzene rings is 8. The molecule has 0 unspecified atom stereocenters. The molecule has 14 N–H and O–H groups in total. The fourth-order valence-electron chi connectivity index (χ4n) is 18.4. The summed E-state index contributed by atoms with van der Waals surface area (Å²) in [6.07, 6.45) is -1.97. The zero-order valence-electron chi connectivity index (χ0n) is 83.1. The second-order valence-electron chi connectivity index (χ2n) is 39.7. The summed E-state index contributed by atoms with van der Waals surface area (Å²) in [7, 11) is -8.95. The highest BCUT2D eigenvalue weighted by molar-refractivity contribution is 7.90. The number of amides is 7. The van der Waals surface area contributed by atoms with Gasteiger partial charge >= 0.3 is 12.1 Å². The van der Waals surface area contributed by atoms with Crippen LogP contribution in [0.5, 0.6) is 17.2 Å². The summed E-state index contributed by atoms with van der Waals surface area (Å²) in [5.74, 6) is -7.78. The molecule has 8 aromatic rings. The molecule has 1 aliphatic carbocycles. The minimum Gasteiger partial charge on any atom is -0.488 e. The SMILES string of the molecule is CC[C@H](C)[C@H](NC(=O)OCC1c2ccccc2-c2ccccc21)C(=O)N[C@H](C(=O)N[C@@H](CCCNC(=N)NS(=O)(=O)c1c(C)c(C)c2c(c1C)CCC(C)(C)O2)C(=O)N[C@@H](CCC(=O)NC(c1ccccc1)(c1ccccc1)c1ccccc1)C(=O)N[C@@H](CCCNC(=N)NS(=O)(=O)c1c(C)c(C)c2c(c1C)CCC(C)(C)O2)C(=O)N[C@@H](Cc1ccc(OC(C)(C)C)cc1)C(=O)O)[C@@H](C)OC(C)(C)C. The Morgan fingerprint density at radius 2 is 0.892 bits per heavy atom. The Hall–Kier alpha value is -12.9. The molecular weight excluding hydrogens is 1810 g/mol. The quantitative estimate of drug-likeness (QED) is 0.00734. The maximum atomic E-state index is 16.1. The van der Waals surface area contributed by atoms with Crippen molar-refractivity contribution in [2.24, 2.45) is 5.92 Å². The second kappa shape index (κ2) is 44.9. The van der Waals surface area contributed by atoms with E-state index in [0.29, 0.717) is 105 Å². The minimum absolute atomic E-state index is 0.0293. The van der Waals surface area contributed by atoms with Crippen molar-refractivity contribution in [3.63, 3.8) is 0 Å². The maximum absolute atomic E-state index is 16.1. The zero-order chi connectivity index (χ0) is 102. The van der Waals surface area contributed by atoms with Gasteiger partial charge in [0.05, 0.1) is 21.5 Å². The highest BCUT2D eigenvalue weighted by Gasteiger charge is 2.44. The fourth-order valence-corrected chi connectivity index (χ4v) is 21.5. The number of carboxylic acids is 1. The van der Waals surface area contributed by atoms with Gasteiger partial charge in [0.15, 0.2) is 0 Å². The van der Waals surface area contributed by atoms with Gasteiger partial charge in [-0.1, -0.05) is 172 Å². The Labute approximate surface area is 817 Å². The van der Waals surface area contributed by atoms with Crippen LogP contribution in [-0.4, -0.2) is 166 Å². The van der Waals surface area contributed by atoms with Gasteiger partial charge in [0, 0.05) is 31.8 Å². The van der Waals surface area contributed by atoms with Crippen molar-refractivity contribution in [2.45, 2.75) is 295 Å². The molecule has 33 heteroatoms. The summed E-state index contributed by atoms with van der Waals surface area (Å²) >= 11 is 0. The average molecular weight is 1950 g/mol. The molecule has 139 heavy (non-hydrogen) atoms. The molecule has 0 saturated heterocycles. The number of aliphatic carboxylic acids is 1. The third-order valence-corrected chi connectivity index (χ3v) is 29.1. The number of rotatable bonds is 40. The topological polar surface area (TPSA) is 451 Å². The van der Waals surface area contributed by atoms with Crippen molar-refractivity contribution in [3.05, 3.63) is 242 Å². The van der Waals surface area contributed by atoms with Gasteiger partial charge in [0.1, 0.15) is 82.4 Å². The van der Waals surface area contributed by atoms with Gasteiger partial charge in [0.25, 0.3) is 20.0 Å². The lowest BCUT2D eigenvalue weighted by atomic mass is 9.77. The lowest BCUT2D eigenvalue weighted by Crippen LogP contribution is -2.62. The van der Waals surface area contributed by atoms with Crippen LogP contribution in [0.3, 0.4) is 0 Å². The van der Waals surface area contributed by atoms with E-state index in [1.165, 1.54) is 6.92 Å². The van der Waals surface area contributed by atoms with Gasteiger partial charge in [-0.05, 0) is 283 Å². The molecule has 2 aliphatic heterocycles. The van der Waals surface area contributed by atoms with E-state index >= 15 is 28.8 Å². The number of fused-ring (bicyclic) bond motifs is 5. The van der Waals surface area contributed by atoms with E-state index in [9.17, 15) is 31.5 Å². The first-order chi connectivity index (χ1) is 65.4. The molecule has 8 atom stereocenters. The number of carbonyl (C=O) groups excluding carboxylic acids is 7. The third-order valence-electron chi connectivity index (χ3n) is 25.9. The first kappa shape index (κ1) is 107. The van der Waals surface area contributed by atoms with Crippen LogP contribution in [0, 0.1) is 58.3 Å². The number of carboxylic acid groups (broad SMARTS) is 1. The predicted octanol–water partition coefficient (Wildman–Crippen LogP) is 13.6. The summed E-state index contributed by atoms with van der Waals surface area (Å²) in [5, 5.41) is 54.4. The lowest BCUT2D eigenvalue weighted by molar-refractivity contribution is -0.142. The molecule has 11 rings (SSSR count). The van der Waals surface area contributed by atoms with E-state index in [-0.39, 0.29) is 67.5 Å². The van der Waals surface area contributed by atoms with Crippen molar-refractivity contribution >= 4 is 79.5 Å². The molecule has 0 saturated carbocycles. The first-order valence-electron chi connectivity index (χ1n) is 47.6. The van der Waals surface area contributed by atoms with Crippen LogP contribution in [0.4, 0.5) is 4.79 Å². The average Bonchev–Trinajstić information content (AvgIpc) is 1.62. The van der Waals surface area contributed by atoms with Crippen LogP contribution < -0.4 is 71.5 Å². The summed E-state index contributed by atoms with van der Waals surface area (Å²) in [4.78, 5) is 122.